The van der Waals surface area contributed by atoms with Gasteiger partial charge in [0, 0.05) is 11.9 Å². The molecular formula is C12H9BrClN3O. The number of carbonyl (C=O) groups is 1. The van der Waals surface area contributed by atoms with Gasteiger partial charge in [0.2, 0.25) is 0 Å². The number of carbonyl (C=O) groups excluding carboxylic acids is 1. The number of benzene rings is 1. The average molecular weight is 327 g/mol. The molecule has 1 heterocycles. The molecule has 2 rings (SSSR count). The monoisotopic (exact) mass is 325 g/mol. The van der Waals surface area contributed by atoms with Crippen LogP contribution in [-0.2, 0) is 0 Å². The lowest BCUT2D eigenvalue weighted by molar-refractivity contribution is 0.102. The standard InChI is InChI=1S/C12H9BrClN3O/c13-11-10(5-7(14)6-16-11)17-12(18)8-3-1-2-4-9(8)15/h1-6H,15H2,(H,17,18). The van der Waals surface area contributed by atoms with Crippen LogP contribution in [0.4, 0.5) is 11.4 Å². The maximum absolute atomic E-state index is 12.0. The van der Waals surface area contributed by atoms with Gasteiger partial charge in [0.25, 0.3) is 5.91 Å². The van der Waals surface area contributed by atoms with Gasteiger partial charge in [-0.15, -0.1) is 0 Å². The first-order valence-corrected chi connectivity index (χ1v) is 6.22. The number of hydrogen-bond acceptors (Lipinski definition) is 3. The van der Waals surface area contributed by atoms with Crippen LogP contribution in [-0.4, -0.2) is 10.9 Å². The summed E-state index contributed by atoms with van der Waals surface area (Å²) in [5.41, 5.74) is 7.05. The van der Waals surface area contributed by atoms with Crippen molar-refractivity contribution in [3.8, 4) is 0 Å². The minimum atomic E-state index is -0.308. The largest absolute Gasteiger partial charge is 0.398 e. The molecule has 0 saturated heterocycles. The molecule has 1 aromatic heterocycles. The second-order valence-corrected chi connectivity index (χ2v) is 4.72. The zero-order valence-electron chi connectivity index (χ0n) is 9.15. The van der Waals surface area contributed by atoms with Gasteiger partial charge in [0.1, 0.15) is 4.60 Å². The Hall–Kier alpha value is -1.59. The second kappa shape index (κ2) is 5.37. The molecule has 2 aromatic rings. The number of anilines is 2. The Labute approximate surface area is 117 Å². The Bertz CT molecular complexity index is 604. The zero-order chi connectivity index (χ0) is 13.1. The zero-order valence-corrected chi connectivity index (χ0v) is 11.5. The number of pyridine rings is 1. The molecule has 18 heavy (non-hydrogen) atoms. The maximum atomic E-state index is 12.0. The van der Waals surface area contributed by atoms with Crippen LogP contribution in [0.2, 0.25) is 5.02 Å². The number of aromatic nitrogens is 1. The van der Waals surface area contributed by atoms with E-state index < -0.39 is 0 Å². The van der Waals surface area contributed by atoms with Crippen LogP contribution in [0.15, 0.2) is 41.1 Å². The molecule has 4 nitrogen and oxygen atoms in total. The number of halogens is 2. The van der Waals surface area contributed by atoms with Crippen molar-refractivity contribution in [1.29, 1.82) is 0 Å². The number of nitrogens with one attached hydrogen (secondary N) is 1. The summed E-state index contributed by atoms with van der Waals surface area (Å²) in [6.45, 7) is 0. The lowest BCUT2D eigenvalue weighted by Crippen LogP contribution is -2.14. The Morgan fingerprint density at radius 1 is 1.39 bits per heavy atom. The molecule has 0 spiro atoms. The third-order valence-corrected chi connectivity index (χ3v) is 3.10. The average Bonchev–Trinajstić information content (AvgIpc) is 2.34. The predicted octanol–water partition coefficient (Wildman–Crippen LogP) is 3.33. The summed E-state index contributed by atoms with van der Waals surface area (Å²) in [6, 6.07) is 8.44. The SMILES string of the molecule is Nc1ccccc1C(=O)Nc1cc(Cl)cnc1Br. The number of para-hydroxylation sites is 1. The summed E-state index contributed by atoms with van der Waals surface area (Å²) in [5.74, 6) is -0.308. The van der Waals surface area contributed by atoms with Gasteiger partial charge >= 0.3 is 0 Å². The molecular weight excluding hydrogens is 318 g/mol. The smallest absolute Gasteiger partial charge is 0.257 e. The van der Waals surface area contributed by atoms with Crippen molar-refractivity contribution in [3.05, 3.63) is 51.7 Å². The fraction of sp³-hybridized carbons (Fsp3) is 0. The van der Waals surface area contributed by atoms with Crippen molar-refractivity contribution < 1.29 is 4.79 Å². The first-order valence-electron chi connectivity index (χ1n) is 5.05. The van der Waals surface area contributed by atoms with Crippen LogP contribution in [0.5, 0.6) is 0 Å². The van der Waals surface area contributed by atoms with Crippen LogP contribution >= 0.6 is 27.5 Å². The van der Waals surface area contributed by atoms with Gasteiger partial charge in [0.15, 0.2) is 0 Å². The topological polar surface area (TPSA) is 68.0 Å². The number of nitrogen functional groups attached to an aromatic ring is 1. The van der Waals surface area contributed by atoms with E-state index in [0.29, 0.717) is 26.6 Å². The van der Waals surface area contributed by atoms with E-state index in [0.717, 1.165) is 0 Å². The van der Waals surface area contributed by atoms with E-state index >= 15 is 0 Å². The maximum Gasteiger partial charge on any atom is 0.257 e. The molecule has 0 fully saturated rings. The molecule has 0 aliphatic carbocycles. The van der Waals surface area contributed by atoms with Gasteiger partial charge in [-0.3, -0.25) is 4.79 Å². The van der Waals surface area contributed by atoms with Crippen LogP contribution in [0, 0.1) is 0 Å². The molecule has 0 bridgehead atoms. The third-order valence-electron chi connectivity index (χ3n) is 2.26. The summed E-state index contributed by atoms with van der Waals surface area (Å²) in [4.78, 5) is 16.0. The van der Waals surface area contributed by atoms with E-state index in [4.69, 9.17) is 17.3 Å². The Kier molecular flexibility index (Phi) is 3.84. The van der Waals surface area contributed by atoms with E-state index in [9.17, 15) is 4.79 Å². The van der Waals surface area contributed by atoms with Crippen molar-refractivity contribution in [2.75, 3.05) is 11.1 Å². The van der Waals surface area contributed by atoms with Crippen molar-refractivity contribution in [3.63, 3.8) is 0 Å². The summed E-state index contributed by atoms with van der Waals surface area (Å²) >= 11 is 9.05. The highest BCUT2D eigenvalue weighted by atomic mass is 79.9. The molecule has 1 aromatic carbocycles. The highest BCUT2D eigenvalue weighted by Gasteiger charge is 2.11. The molecule has 0 aliphatic heterocycles. The number of hydrogen-bond donors (Lipinski definition) is 2. The lowest BCUT2D eigenvalue weighted by atomic mass is 10.1. The first kappa shape index (κ1) is 12.9. The van der Waals surface area contributed by atoms with Gasteiger partial charge in [-0.25, -0.2) is 4.98 Å². The number of nitrogens with two attached hydrogens (primary N) is 1. The Balaban J connectivity index is 2.27. The highest BCUT2D eigenvalue weighted by Crippen LogP contribution is 2.24. The van der Waals surface area contributed by atoms with Crippen LogP contribution in [0.3, 0.4) is 0 Å². The first-order chi connectivity index (χ1) is 8.58. The number of amides is 1. The van der Waals surface area contributed by atoms with E-state index in [1.165, 1.54) is 6.20 Å². The molecule has 0 unspecified atom stereocenters. The lowest BCUT2D eigenvalue weighted by Gasteiger charge is -2.08. The number of nitrogens with zero attached hydrogens (tertiary/aromatic N) is 1. The molecule has 0 aliphatic rings. The minimum absolute atomic E-state index is 0.308. The summed E-state index contributed by atoms with van der Waals surface area (Å²) in [7, 11) is 0. The van der Waals surface area contributed by atoms with Crippen molar-refractivity contribution >= 4 is 44.8 Å². The highest BCUT2D eigenvalue weighted by molar-refractivity contribution is 9.10. The van der Waals surface area contributed by atoms with Crippen molar-refractivity contribution in [2.45, 2.75) is 0 Å². The van der Waals surface area contributed by atoms with E-state index in [1.54, 1.807) is 30.3 Å². The molecule has 0 saturated carbocycles. The summed E-state index contributed by atoms with van der Waals surface area (Å²) in [5, 5.41) is 3.13. The van der Waals surface area contributed by atoms with Gasteiger partial charge in [-0.05, 0) is 34.1 Å². The van der Waals surface area contributed by atoms with Crippen LogP contribution < -0.4 is 11.1 Å². The molecule has 6 heteroatoms. The van der Waals surface area contributed by atoms with Crippen molar-refractivity contribution in [2.24, 2.45) is 0 Å². The number of rotatable bonds is 2. The van der Waals surface area contributed by atoms with E-state index in [1.807, 2.05) is 0 Å². The molecule has 0 radical (unpaired) electrons. The van der Waals surface area contributed by atoms with Gasteiger partial charge in [-0.1, -0.05) is 23.7 Å². The Morgan fingerprint density at radius 3 is 2.83 bits per heavy atom. The molecule has 1 amide bonds. The van der Waals surface area contributed by atoms with Gasteiger partial charge < -0.3 is 11.1 Å². The van der Waals surface area contributed by atoms with Crippen molar-refractivity contribution in [1.82, 2.24) is 4.98 Å². The summed E-state index contributed by atoms with van der Waals surface area (Å²) < 4.78 is 0.509. The Morgan fingerprint density at radius 2 is 2.11 bits per heavy atom. The summed E-state index contributed by atoms with van der Waals surface area (Å²) in [6.07, 6.45) is 1.48. The normalized spacial score (nSPS) is 10.1. The molecule has 0 atom stereocenters. The second-order valence-electron chi connectivity index (χ2n) is 3.53. The van der Waals surface area contributed by atoms with E-state index in [2.05, 4.69) is 26.2 Å². The molecule has 92 valence electrons. The van der Waals surface area contributed by atoms with Crippen LogP contribution in [0.1, 0.15) is 10.4 Å². The molecule has 3 N–H and O–H groups in total. The van der Waals surface area contributed by atoms with Crippen LogP contribution in [0.25, 0.3) is 0 Å². The van der Waals surface area contributed by atoms with Gasteiger partial charge in [0.05, 0.1) is 16.3 Å². The predicted molar refractivity (Wildman–Crippen MR) is 75.8 cm³/mol. The van der Waals surface area contributed by atoms with Gasteiger partial charge in [-0.2, -0.15) is 0 Å². The fourth-order valence-corrected chi connectivity index (χ4v) is 1.88. The van der Waals surface area contributed by atoms with E-state index in [-0.39, 0.29) is 5.91 Å². The quantitative estimate of drug-likeness (QED) is 0.657. The third kappa shape index (κ3) is 2.80. The fourth-order valence-electron chi connectivity index (χ4n) is 1.40. The minimum Gasteiger partial charge on any atom is -0.398 e.